The van der Waals surface area contributed by atoms with Crippen LogP contribution in [0.3, 0.4) is 0 Å². The highest BCUT2D eigenvalue weighted by Gasteiger charge is 2.21. The van der Waals surface area contributed by atoms with Gasteiger partial charge in [-0.15, -0.1) is 0 Å². The Morgan fingerprint density at radius 3 is 2.41 bits per heavy atom. The summed E-state index contributed by atoms with van der Waals surface area (Å²) in [5, 5.41) is 2.97. The number of nitrogens with one attached hydrogen (secondary N) is 1. The van der Waals surface area contributed by atoms with Crippen molar-refractivity contribution in [1.82, 2.24) is 10.2 Å². The molecular weight excluding hydrogens is 338 g/mol. The summed E-state index contributed by atoms with van der Waals surface area (Å²) in [5.74, 6) is 0.505. The molecule has 5 nitrogen and oxygen atoms in total. The highest BCUT2D eigenvalue weighted by molar-refractivity contribution is 5.79. The SMILES string of the molecule is CC(C(=O)NCc1ccc(OCCCN(C)C)cc1)C(N)c1ccccc1. The monoisotopic (exact) mass is 369 g/mol. The normalized spacial score (nSPS) is 13.2. The van der Waals surface area contributed by atoms with E-state index in [4.69, 9.17) is 10.5 Å². The molecule has 2 aromatic carbocycles. The van der Waals surface area contributed by atoms with Crippen LogP contribution >= 0.6 is 0 Å². The average Bonchev–Trinajstić information content (AvgIpc) is 2.69. The molecule has 0 aromatic heterocycles. The van der Waals surface area contributed by atoms with Crippen LogP contribution in [0.5, 0.6) is 5.75 Å². The zero-order chi connectivity index (χ0) is 19.6. The molecule has 0 saturated carbocycles. The number of carbonyl (C=O) groups is 1. The number of nitrogens with zero attached hydrogens (tertiary/aromatic N) is 1. The van der Waals surface area contributed by atoms with E-state index in [0.717, 1.165) is 29.8 Å². The topological polar surface area (TPSA) is 67.6 Å². The first-order chi connectivity index (χ1) is 13.0. The second-order valence-corrected chi connectivity index (χ2v) is 7.09. The minimum Gasteiger partial charge on any atom is -0.494 e. The predicted molar refractivity (Wildman–Crippen MR) is 109 cm³/mol. The second-order valence-electron chi connectivity index (χ2n) is 7.09. The number of hydrogen-bond acceptors (Lipinski definition) is 4. The van der Waals surface area contributed by atoms with Gasteiger partial charge in [0, 0.05) is 19.1 Å². The van der Waals surface area contributed by atoms with Crippen LogP contribution in [0.25, 0.3) is 0 Å². The highest BCUT2D eigenvalue weighted by Crippen LogP contribution is 2.19. The van der Waals surface area contributed by atoms with Crippen LogP contribution in [0, 0.1) is 5.92 Å². The van der Waals surface area contributed by atoms with Crippen molar-refractivity contribution < 1.29 is 9.53 Å². The Kier molecular flexibility index (Phi) is 8.30. The standard InChI is InChI=1S/C22H31N3O2/c1-17(21(23)19-8-5-4-6-9-19)22(26)24-16-18-10-12-20(13-11-18)27-15-7-14-25(2)3/h4-6,8-13,17,21H,7,14-16,23H2,1-3H3,(H,24,26). The summed E-state index contributed by atoms with van der Waals surface area (Å²) in [4.78, 5) is 14.5. The molecule has 2 unspecified atom stereocenters. The lowest BCUT2D eigenvalue weighted by atomic mass is 9.94. The van der Waals surface area contributed by atoms with Crippen LogP contribution in [-0.2, 0) is 11.3 Å². The zero-order valence-electron chi connectivity index (χ0n) is 16.5. The highest BCUT2D eigenvalue weighted by atomic mass is 16.5. The molecule has 2 atom stereocenters. The smallest absolute Gasteiger partial charge is 0.225 e. The van der Waals surface area contributed by atoms with Gasteiger partial charge in [-0.2, -0.15) is 0 Å². The lowest BCUT2D eigenvalue weighted by Gasteiger charge is -2.20. The van der Waals surface area contributed by atoms with Gasteiger partial charge in [-0.25, -0.2) is 0 Å². The Morgan fingerprint density at radius 2 is 1.78 bits per heavy atom. The van der Waals surface area contributed by atoms with Gasteiger partial charge < -0.3 is 20.7 Å². The van der Waals surface area contributed by atoms with Crippen LogP contribution in [-0.4, -0.2) is 38.1 Å². The molecule has 1 amide bonds. The minimum atomic E-state index is -0.316. The molecule has 0 aliphatic heterocycles. The van der Waals surface area contributed by atoms with E-state index in [9.17, 15) is 4.79 Å². The van der Waals surface area contributed by atoms with Crippen molar-refractivity contribution in [1.29, 1.82) is 0 Å². The molecule has 0 aliphatic carbocycles. The van der Waals surface area contributed by atoms with Gasteiger partial charge >= 0.3 is 0 Å². The van der Waals surface area contributed by atoms with Crippen molar-refractivity contribution >= 4 is 5.91 Å². The zero-order valence-corrected chi connectivity index (χ0v) is 16.5. The third-order valence-corrected chi connectivity index (χ3v) is 4.55. The van der Waals surface area contributed by atoms with E-state index in [2.05, 4.69) is 24.3 Å². The summed E-state index contributed by atoms with van der Waals surface area (Å²) in [6, 6.07) is 17.2. The van der Waals surface area contributed by atoms with Crippen molar-refractivity contribution in [3.05, 3.63) is 65.7 Å². The van der Waals surface area contributed by atoms with E-state index < -0.39 is 0 Å². The van der Waals surface area contributed by atoms with Crippen molar-refractivity contribution in [2.45, 2.75) is 25.9 Å². The molecule has 27 heavy (non-hydrogen) atoms. The summed E-state index contributed by atoms with van der Waals surface area (Å²) in [5.41, 5.74) is 8.22. The van der Waals surface area contributed by atoms with E-state index >= 15 is 0 Å². The Hall–Kier alpha value is -2.37. The fourth-order valence-corrected chi connectivity index (χ4v) is 2.75. The molecule has 5 heteroatoms. The van der Waals surface area contributed by atoms with E-state index in [1.807, 2.05) is 61.5 Å². The number of benzene rings is 2. The van der Waals surface area contributed by atoms with Gasteiger partial charge in [-0.05, 0) is 43.8 Å². The number of ether oxygens (including phenoxy) is 1. The fourth-order valence-electron chi connectivity index (χ4n) is 2.75. The van der Waals surface area contributed by atoms with E-state index in [-0.39, 0.29) is 17.9 Å². The number of rotatable bonds is 10. The molecule has 0 fully saturated rings. The Bertz CT molecular complexity index is 686. The molecule has 0 bridgehead atoms. The number of hydrogen-bond donors (Lipinski definition) is 2. The van der Waals surface area contributed by atoms with Crippen LogP contribution in [0.15, 0.2) is 54.6 Å². The number of carbonyl (C=O) groups excluding carboxylic acids is 1. The molecule has 0 radical (unpaired) electrons. The molecule has 2 aromatic rings. The maximum Gasteiger partial charge on any atom is 0.225 e. The van der Waals surface area contributed by atoms with Gasteiger partial charge in [-0.3, -0.25) is 4.79 Å². The molecule has 0 heterocycles. The van der Waals surface area contributed by atoms with Gasteiger partial charge in [0.25, 0.3) is 0 Å². The summed E-state index contributed by atoms with van der Waals surface area (Å²) in [6.45, 7) is 4.04. The van der Waals surface area contributed by atoms with Crippen LogP contribution < -0.4 is 15.8 Å². The Labute approximate surface area is 162 Å². The quantitative estimate of drug-likeness (QED) is 0.632. The third-order valence-electron chi connectivity index (χ3n) is 4.55. The van der Waals surface area contributed by atoms with Crippen molar-refractivity contribution in [2.75, 3.05) is 27.2 Å². The lowest BCUT2D eigenvalue weighted by Crippen LogP contribution is -2.35. The maximum atomic E-state index is 12.4. The van der Waals surface area contributed by atoms with E-state index in [1.54, 1.807) is 0 Å². The molecular formula is C22H31N3O2. The van der Waals surface area contributed by atoms with Gasteiger partial charge in [0.2, 0.25) is 5.91 Å². The first-order valence-electron chi connectivity index (χ1n) is 9.42. The Balaban J connectivity index is 1.77. The average molecular weight is 370 g/mol. The first kappa shape index (κ1) is 20.9. The minimum absolute atomic E-state index is 0.0460. The van der Waals surface area contributed by atoms with Gasteiger partial charge in [0.1, 0.15) is 5.75 Å². The Morgan fingerprint density at radius 1 is 1.11 bits per heavy atom. The molecule has 0 aliphatic rings. The van der Waals surface area contributed by atoms with E-state index in [1.165, 1.54) is 0 Å². The van der Waals surface area contributed by atoms with Crippen molar-refractivity contribution in [3.63, 3.8) is 0 Å². The maximum absolute atomic E-state index is 12.4. The predicted octanol–water partition coefficient (Wildman–Crippen LogP) is 2.97. The van der Waals surface area contributed by atoms with Gasteiger partial charge in [-0.1, -0.05) is 49.4 Å². The number of nitrogens with two attached hydrogens (primary N) is 1. The second kappa shape index (κ2) is 10.7. The van der Waals surface area contributed by atoms with Crippen molar-refractivity contribution in [2.24, 2.45) is 11.7 Å². The van der Waals surface area contributed by atoms with Gasteiger partial charge in [0.15, 0.2) is 0 Å². The van der Waals surface area contributed by atoms with Crippen molar-refractivity contribution in [3.8, 4) is 5.75 Å². The first-order valence-corrected chi connectivity index (χ1v) is 9.42. The molecule has 0 saturated heterocycles. The summed E-state index contributed by atoms with van der Waals surface area (Å²) < 4.78 is 5.73. The summed E-state index contributed by atoms with van der Waals surface area (Å²) in [7, 11) is 4.10. The number of amides is 1. The van der Waals surface area contributed by atoms with Crippen LogP contribution in [0.2, 0.25) is 0 Å². The van der Waals surface area contributed by atoms with Gasteiger partial charge in [0.05, 0.1) is 12.5 Å². The van der Waals surface area contributed by atoms with Crippen LogP contribution in [0.1, 0.15) is 30.5 Å². The largest absolute Gasteiger partial charge is 0.494 e. The lowest BCUT2D eigenvalue weighted by molar-refractivity contribution is -0.125. The molecule has 0 spiro atoms. The molecule has 3 N–H and O–H groups in total. The molecule has 146 valence electrons. The summed E-state index contributed by atoms with van der Waals surface area (Å²) >= 11 is 0. The van der Waals surface area contributed by atoms with E-state index in [0.29, 0.717) is 13.2 Å². The van der Waals surface area contributed by atoms with Crippen LogP contribution in [0.4, 0.5) is 0 Å². The fraction of sp³-hybridized carbons (Fsp3) is 0.409. The third kappa shape index (κ3) is 7.04. The summed E-state index contributed by atoms with van der Waals surface area (Å²) in [6.07, 6.45) is 0.990. The molecule has 2 rings (SSSR count).